The van der Waals surface area contributed by atoms with Crippen molar-refractivity contribution in [3.8, 4) is 0 Å². The van der Waals surface area contributed by atoms with Crippen molar-refractivity contribution in [3.63, 3.8) is 0 Å². The van der Waals surface area contributed by atoms with Gasteiger partial charge in [-0.05, 0) is 39.0 Å². The van der Waals surface area contributed by atoms with Crippen LogP contribution < -0.4 is 6.15 Å². The van der Waals surface area contributed by atoms with E-state index in [-0.39, 0.29) is 6.15 Å². The van der Waals surface area contributed by atoms with Gasteiger partial charge in [-0.3, -0.25) is 4.99 Å². The van der Waals surface area contributed by atoms with E-state index in [1.54, 1.807) is 32.9 Å². The van der Waals surface area contributed by atoms with Gasteiger partial charge >= 0.3 is 0 Å². The second kappa shape index (κ2) is 4.11. The highest BCUT2D eigenvalue weighted by Gasteiger charge is 2.72. The van der Waals surface area contributed by atoms with E-state index in [4.69, 9.17) is 0 Å². The van der Waals surface area contributed by atoms with Gasteiger partial charge in [-0.25, -0.2) is 12.8 Å². The van der Waals surface area contributed by atoms with Crippen molar-refractivity contribution in [2.75, 3.05) is 0 Å². The highest BCUT2D eigenvalue weighted by atomic mass is 79.9. The summed E-state index contributed by atoms with van der Waals surface area (Å²) in [4.78, 5) is 4.42. The Morgan fingerprint density at radius 2 is 1.90 bits per heavy atom. The molecule has 1 fully saturated rings. The first-order chi connectivity index (χ1) is 8.62. The number of aliphatic imine (C=N–C) groups is 1. The Hall–Kier alpha value is -0.790. The molecule has 0 spiro atoms. The molecular weight excluding hydrogens is 347 g/mol. The van der Waals surface area contributed by atoms with Gasteiger partial charge in [0.2, 0.25) is 0 Å². The van der Waals surface area contributed by atoms with Crippen molar-refractivity contribution in [2.24, 2.45) is 4.99 Å². The number of hydrogen-bond donors (Lipinski definition) is 1. The number of nitrogens with zero attached hydrogens (tertiary/aromatic N) is 1. The number of sulfone groups is 1. The molecule has 3 rings (SSSR count). The van der Waals surface area contributed by atoms with Crippen LogP contribution in [0.15, 0.2) is 27.7 Å². The lowest BCUT2D eigenvalue weighted by atomic mass is 9.76. The summed E-state index contributed by atoms with van der Waals surface area (Å²) in [5.41, 5.74) is -0.0125. The van der Waals surface area contributed by atoms with E-state index in [0.717, 1.165) is 0 Å². The minimum Gasteiger partial charge on any atom is -0.344 e. The van der Waals surface area contributed by atoms with Crippen LogP contribution in [-0.2, 0) is 15.4 Å². The fourth-order valence-electron chi connectivity index (χ4n) is 2.94. The second-order valence-electron chi connectivity index (χ2n) is 5.70. The number of fused-ring (bicyclic) bond motifs is 1. The van der Waals surface area contributed by atoms with Crippen molar-refractivity contribution in [1.29, 1.82) is 0 Å². The molecule has 2 heterocycles. The molecule has 0 saturated carbocycles. The van der Waals surface area contributed by atoms with E-state index in [9.17, 15) is 12.8 Å². The molecule has 2 unspecified atom stereocenters. The van der Waals surface area contributed by atoms with Crippen LogP contribution in [0.4, 0.5) is 4.39 Å². The van der Waals surface area contributed by atoms with E-state index in [1.807, 2.05) is 0 Å². The first kappa shape index (κ1) is 15.6. The molecule has 4 nitrogen and oxygen atoms in total. The molecule has 2 aliphatic heterocycles. The fourth-order valence-corrected chi connectivity index (χ4v) is 5.58. The van der Waals surface area contributed by atoms with E-state index in [1.165, 1.54) is 6.07 Å². The smallest absolute Gasteiger partial charge is 0.171 e. The molecule has 1 aromatic carbocycles. The van der Waals surface area contributed by atoms with Crippen molar-refractivity contribution in [3.05, 3.63) is 34.1 Å². The van der Waals surface area contributed by atoms with Crippen LogP contribution in [-0.4, -0.2) is 24.1 Å². The van der Waals surface area contributed by atoms with Crippen molar-refractivity contribution >= 4 is 31.5 Å². The van der Waals surface area contributed by atoms with Gasteiger partial charge in [-0.2, -0.15) is 0 Å². The van der Waals surface area contributed by atoms with Gasteiger partial charge in [0, 0.05) is 10.0 Å². The fraction of sp³-hybridized carbons (Fsp3) is 0.462. The minimum atomic E-state index is -3.30. The molecule has 110 valence electrons. The Morgan fingerprint density at radius 1 is 1.30 bits per heavy atom. The standard InChI is InChI=1S/C13H13BrFNO2S.H3N/c1-12(2)10-11(19(12,17)18)13(3,16-10)8-6-7(14)4-5-9(8)15;/h4-6,11H,1-3H3;1H3. The molecule has 3 N–H and O–H groups in total. The Morgan fingerprint density at radius 3 is 2.45 bits per heavy atom. The summed E-state index contributed by atoms with van der Waals surface area (Å²) < 4.78 is 38.4. The lowest BCUT2D eigenvalue weighted by molar-refractivity contribution is 0.393. The van der Waals surface area contributed by atoms with Gasteiger partial charge in [-0.1, -0.05) is 15.9 Å². The summed E-state index contributed by atoms with van der Waals surface area (Å²) in [7, 11) is -3.30. The predicted octanol–water partition coefficient (Wildman–Crippen LogP) is 3.00. The SMILES string of the molecule is CC1(c2cc(Br)ccc2F)N=C2C1S(=O)(=O)C2(C)C.N. The molecule has 7 heteroatoms. The molecular formula is C13H16BrFN2O2S. The van der Waals surface area contributed by atoms with E-state index < -0.39 is 31.2 Å². The van der Waals surface area contributed by atoms with Gasteiger partial charge in [-0.15, -0.1) is 0 Å². The average molecular weight is 363 g/mol. The maximum Gasteiger partial charge on any atom is 0.171 e. The molecule has 0 aromatic heterocycles. The topological polar surface area (TPSA) is 81.5 Å². The third kappa shape index (κ3) is 1.54. The molecule has 20 heavy (non-hydrogen) atoms. The Kier molecular flexibility index (Phi) is 3.21. The Labute approximate surface area is 126 Å². The highest BCUT2D eigenvalue weighted by Crippen LogP contribution is 2.55. The van der Waals surface area contributed by atoms with Crippen molar-refractivity contribution < 1.29 is 12.8 Å². The molecule has 0 bridgehead atoms. The lowest BCUT2D eigenvalue weighted by Crippen LogP contribution is -2.75. The summed E-state index contributed by atoms with van der Waals surface area (Å²) in [5, 5.41) is -0.682. The maximum atomic E-state index is 14.0. The summed E-state index contributed by atoms with van der Waals surface area (Å²) in [6, 6.07) is 4.52. The zero-order valence-corrected chi connectivity index (χ0v) is 13.8. The van der Waals surface area contributed by atoms with Crippen LogP contribution in [0.3, 0.4) is 0 Å². The van der Waals surface area contributed by atoms with Gasteiger partial charge in [0.15, 0.2) is 9.84 Å². The largest absolute Gasteiger partial charge is 0.344 e. The molecule has 1 aromatic rings. The van der Waals surface area contributed by atoms with Crippen molar-refractivity contribution in [1.82, 2.24) is 6.15 Å². The first-order valence-electron chi connectivity index (χ1n) is 5.91. The normalized spacial score (nSPS) is 32.0. The zero-order chi connectivity index (χ0) is 14.2. The monoisotopic (exact) mass is 362 g/mol. The first-order valence-corrected chi connectivity index (χ1v) is 8.25. The zero-order valence-electron chi connectivity index (χ0n) is 11.4. The summed E-state index contributed by atoms with van der Waals surface area (Å²) in [6.07, 6.45) is 0. The molecule has 0 amide bonds. The minimum absolute atomic E-state index is 0. The van der Waals surface area contributed by atoms with E-state index in [2.05, 4.69) is 20.9 Å². The van der Waals surface area contributed by atoms with Gasteiger partial charge in [0.05, 0.1) is 5.71 Å². The van der Waals surface area contributed by atoms with Gasteiger partial charge in [0.25, 0.3) is 0 Å². The number of hydrogen-bond acceptors (Lipinski definition) is 4. The molecule has 2 atom stereocenters. The third-order valence-corrected chi connectivity index (χ3v) is 7.65. The Bertz CT molecular complexity index is 730. The van der Waals surface area contributed by atoms with Crippen LogP contribution >= 0.6 is 15.9 Å². The lowest BCUT2D eigenvalue weighted by Gasteiger charge is -2.57. The Balaban J connectivity index is 0.00000147. The van der Waals surface area contributed by atoms with E-state index >= 15 is 0 Å². The number of benzene rings is 1. The molecule has 0 aliphatic carbocycles. The summed E-state index contributed by atoms with van der Waals surface area (Å²) in [5.74, 6) is -0.423. The molecule has 0 radical (unpaired) electrons. The summed E-state index contributed by atoms with van der Waals surface area (Å²) >= 11 is 3.28. The van der Waals surface area contributed by atoms with Crippen LogP contribution in [0.5, 0.6) is 0 Å². The van der Waals surface area contributed by atoms with Crippen LogP contribution in [0.2, 0.25) is 0 Å². The highest BCUT2D eigenvalue weighted by molar-refractivity contribution is 9.10. The number of halogens is 2. The maximum absolute atomic E-state index is 14.0. The molecule has 1 saturated heterocycles. The number of rotatable bonds is 1. The third-order valence-electron chi connectivity index (χ3n) is 4.22. The van der Waals surface area contributed by atoms with Gasteiger partial charge < -0.3 is 6.15 Å². The van der Waals surface area contributed by atoms with E-state index in [0.29, 0.717) is 15.7 Å². The quantitative estimate of drug-likeness (QED) is 0.833. The predicted molar refractivity (Wildman–Crippen MR) is 80.7 cm³/mol. The van der Waals surface area contributed by atoms with Crippen molar-refractivity contribution in [2.45, 2.75) is 36.3 Å². The summed E-state index contributed by atoms with van der Waals surface area (Å²) in [6.45, 7) is 4.97. The van der Waals surface area contributed by atoms with Crippen LogP contribution in [0.25, 0.3) is 0 Å². The van der Waals surface area contributed by atoms with Crippen LogP contribution in [0.1, 0.15) is 26.3 Å². The average Bonchev–Trinajstić information content (AvgIpc) is 2.27. The second-order valence-corrected chi connectivity index (χ2v) is 9.20. The van der Waals surface area contributed by atoms with Crippen LogP contribution in [0, 0.1) is 5.82 Å². The molecule has 2 aliphatic rings. The van der Waals surface area contributed by atoms with Gasteiger partial charge in [0.1, 0.15) is 21.4 Å².